The van der Waals surface area contributed by atoms with Gasteiger partial charge in [-0.05, 0) is 36.8 Å². The van der Waals surface area contributed by atoms with Crippen molar-refractivity contribution in [3.05, 3.63) is 65.8 Å². The first-order valence-electron chi connectivity index (χ1n) is 8.94. The molecule has 0 unspecified atom stereocenters. The Kier molecular flexibility index (Phi) is 4.86. The largest absolute Gasteiger partial charge is 0.493 e. The molecule has 3 aromatic rings. The van der Waals surface area contributed by atoms with Crippen molar-refractivity contribution in [3.8, 4) is 11.5 Å². The molecule has 29 heavy (non-hydrogen) atoms. The molecule has 9 heteroatoms. The maximum Gasteiger partial charge on any atom is 0.257 e. The van der Waals surface area contributed by atoms with E-state index in [1.807, 2.05) is 25.1 Å². The second kappa shape index (κ2) is 7.63. The SMILES string of the molecule is COc1ccc([C@H]2C(C(=O)Nc3ccccn3)=C(C)Nc3ncnn32)cc1OC. The molecule has 1 aliphatic heterocycles. The average Bonchev–Trinajstić information content (AvgIpc) is 3.20. The van der Waals surface area contributed by atoms with Gasteiger partial charge in [-0.25, -0.2) is 9.67 Å². The third-order valence-electron chi connectivity index (χ3n) is 4.67. The normalized spacial score (nSPS) is 15.3. The number of fused-ring (bicyclic) bond motifs is 1. The van der Waals surface area contributed by atoms with E-state index in [0.717, 1.165) is 5.56 Å². The number of hydrogen-bond acceptors (Lipinski definition) is 7. The third-order valence-corrected chi connectivity index (χ3v) is 4.67. The minimum atomic E-state index is -0.503. The molecule has 4 rings (SSSR count). The van der Waals surface area contributed by atoms with Crippen LogP contribution in [0.5, 0.6) is 11.5 Å². The Morgan fingerprint density at radius 2 is 1.97 bits per heavy atom. The molecule has 148 valence electrons. The molecule has 1 aromatic carbocycles. The van der Waals surface area contributed by atoms with E-state index in [9.17, 15) is 4.79 Å². The zero-order chi connectivity index (χ0) is 20.4. The highest BCUT2D eigenvalue weighted by atomic mass is 16.5. The summed E-state index contributed by atoms with van der Waals surface area (Å²) in [6.07, 6.45) is 3.07. The Morgan fingerprint density at radius 1 is 1.14 bits per heavy atom. The number of allylic oxidation sites excluding steroid dienone is 1. The Labute approximate surface area is 167 Å². The van der Waals surface area contributed by atoms with Crippen LogP contribution in [0.2, 0.25) is 0 Å². The Bertz CT molecular complexity index is 1080. The molecule has 2 N–H and O–H groups in total. The van der Waals surface area contributed by atoms with Crippen LogP contribution in [0.1, 0.15) is 18.5 Å². The zero-order valence-corrected chi connectivity index (χ0v) is 16.2. The minimum Gasteiger partial charge on any atom is -0.493 e. The lowest BCUT2D eigenvalue weighted by molar-refractivity contribution is -0.113. The summed E-state index contributed by atoms with van der Waals surface area (Å²) in [4.78, 5) is 21.6. The van der Waals surface area contributed by atoms with Crippen molar-refractivity contribution in [2.45, 2.75) is 13.0 Å². The number of methoxy groups -OCH3 is 2. The van der Waals surface area contributed by atoms with Gasteiger partial charge in [0.1, 0.15) is 18.2 Å². The fourth-order valence-corrected chi connectivity index (χ4v) is 3.34. The molecule has 0 aliphatic carbocycles. The molecule has 0 fully saturated rings. The number of aromatic nitrogens is 4. The highest BCUT2D eigenvalue weighted by Gasteiger charge is 2.34. The molecule has 0 saturated carbocycles. The van der Waals surface area contributed by atoms with Gasteiger partial charge in [-0.3, -0.25) is 4.79 Å². The lowest BCUT2D eigenvalue weighted by atomic mass is 9.94. The number of carbonyl (C=O) groups excluding carboxylic acids is 1. The highest BCUT2D eigenvalue weighted by molar-refractivity contribution is 6.05. The van der Waals surface area contributed by atoms with Crippen LogP contribution in [0.3, 0.4) is 0 Å². The first kappa shape index (κ1) is 18.5. The predicted molar refractivity (Wildman–Crippen MR) is 107 cm³/mol. The summed E-state index contributed by atoms with van der Waals surface area (Å²) in [5.41, 5.74) is 1.99. The van der Waals surface area contributed by atoms with Crippen molar-refractivity contribution in [2.75, 3.05) is 24.9 Å². The van der Waals surface area contributed by atoms with Crippen LogP contribution in [0.25, 0.3) is 0 Å². The van der Waals surface area contributed by atoms with Crippen molar-refractivity contribution in [1.29, 1.82) is 0 Å². The maximum absolute atomic E-state index is 13.2. The Hall–Kier alpha value is -3.88. The van der Waals surface area contributed by atoms with Crippen LogP contribution in [-0.2, 0) is 4.79 Å². The summed E-state index contributed by atoms with van der Waals surface area (Å²) in [7, 11) is 3.15. The Balaban J connectivity index is 1.79. The summed E-state index contributed by atoms with van der Waals surface area (Å²) in [6, 6.07) is 10.3. The second-order valence-corrected chi connectivity index (χ2v) is 6.38. The molecule has 0 saturated heterocycles. The number of amides is 1. The number of rotatable bonds is 5. The van der Waals surface area contributed by atoms with Crippen molar-refractivity contribution < 1.29 is 14.3 Å². The van der Waals surface area contributed by atoms with Crippen LogP contribution in [0.4, 0.5) is 11.8 Å². The predicted octanol–water partition coefficient (Wildman–Crippen LogP) is 2.62. The zero-order valence-electron chi connectivity index (χ0n) is 16.2. The van der Waals surface area contributed by atoms with Crippen molar-refractivity contribution in [1.82, 2.24) is 19.7 Å². The van der Waals surface area contributed by atoms with Gasteiger partial charge in [0.05, 0.1) is 19.8 Å². The van der Waals surface area contributed by atoms with Gasteiger partial charge in [-0.2, -0.15) is 10.1 Å². The average molecular weight is 392 g/mol. The molecule has 2 aromatic heterocycles. The smallest absolute Gasteiger partial charge is 0.257 e. The summed E-state index contributed by atoms with van der Waals surface area (Å²) in [5.74, 6) is 1.90. The van der Waals surface area contributed by atoms with Crippen LogP contribution in [0, 0.1) is 0 Å². The monoisotopic (exact) mass is 392 g/mol. The molecule has 1 aliphatic rings. The van der Waals surface area contributed by atoms with Crippen molar-refractivity contribution >= 4 is 17.7 Å². The molecular formula is C20H20N6O3. The molecule has 3 heterocycles. The van der Waals surface area contributed by atoms with Crippen LogP contribution < -0.4 is 20.1 Å². The van der Waals surface area contributed by atoms with Crippen LogP contribution in [0.15, 0.2) is 60.2 Å². The van der Waals surface area contributed by atoms with Gasteiger partial charge in [0.15, 0.2) is 11.5 Å². The van der Waals surface area contributed by atoms with E-state index in [1.54, 1.807) is 43.3 Å². The first-order chi connectivity index (χ1) is 14.1. The van der Waals surface area contributed by atoms with E-state index in [4.69, 9.17) is 9.47 Å². The minimum absolute atomic E-state index is 0.283. The van der Waals surface area contributed by atoms with Gasteiger partial charge in [0, 0.05) is 11.9 Å². The maximum atomic E-state index is 13.2. The Morgan fingerprint density at radius 3 is 2.69 bits per heavy atom. The molecule has 9 nitrogen and oxygen atoms in total. The van der Waals surface area contributed by atoms with Crippen LogP contribution in [-0.4, -0.2) is 39.9 Å². The van der Waals surface area contributed by atoms with Gasteiger partial charge >= 0.3 is 0 Å². The number of nitrogens with zero attached hydrogens (tertiary/aromatic N) is 4. The molecule has 1 atom stereocenters. The van der Waals surface area contributed by atoms with Crippen molar-refractivity contribution in [3.63, 3.8) is 0 Å². The van der Waals surface area contributed by atoms with E-state index in [0.29, 0.717) is 34.5 Å². The molecule has 0 bridgehead atoms. The third kappa shape index (κ3) is 3.38. The molecule has 1 amide bonds. The first-order valence-corrected chi connectivity index (χ1v) is 8.94. The highest BCUT2D eigenvalue weighted by Crippen LogP contribution is 2.38. The number of nitrogens with one attached hydrogen (secondary N) is 2. The second-order valence-electron chi connectivity index (χ2n) is 6.38. The van der Waals surface area contributed by atoms with Gasteiger partial charge in [0.2, 0.25) is 5.95 Å². The molecule has 0 spiro atoms. The fourth-order valence-electron chi connectivity index (χ4n) is 3.34. The van der Waals surface area contributed by atoms with Crippen LogP contribution >= 0.6 is 0 Å². The number of carbonyl (C=O) groups is 1. The van der Waals surface area contributed by atoms with E-state index in [2.05, 4.69) is 25.7 Å². The molecule has 0 radical (unpaired) electrons. The summed E-state index contributed by atoms with van der Waals surface area (Å²) < 4.78 is 12.4. The number of anilines is 2. The number of hydrogen-bond donors (Lipinski definition) is 2. The van der Waals surface area contributed by atoms with Gasteiger partial charge < -0.3 is 20.1 Å². The number of ether oxygens (including phenoxy) is 2. The fraction of sp³-hybridized carbons (Fsp3) is 0.200. The lowest BCUT2D eigenvalue weighted by Crippen LogP contribution is -2.31. The van der Waals surface area contributed by atoms with E-state index >= 15 is 0 Å². The standard InChI is InChI=1S/C20H20N6O3/c1-12-17(19(27)25-16-6-4-5-9-21-16)18(26-20(24-12)22-11-23-26)13-7-8-14(28-2)15(10-13)29-3/h4-11,18H,1-3H3,(H,21,25,27)(H,22,23,24)/t18-/m0/s1. The quantitative estimate of drug-likeness (QED) is 0.688. The van der Waals surface area contributed by atoms with E-state index in [-0.39, 0.29) is 5.91 Å². The number of pyridine rings is 1. The topological polar surface area (TPSA) is 103 Å². The van der Waals surface area contributed by atoms with Crippen molar-refractivity contribution in [2.24, 2.45) is 0 Å². The lowest BCUT2D eigenvalue weighted by Gasteiger charge is -2.29. The van der Waals surface area contributed by atoms with Gasteiger partial charge in [-0.15, -0.1) is 0 Å². The summed E-state index contributed by atoms with van der Waals surface area (Å²) >= 11 is 0. The van der Waals surface area contributed by atoms with Gasteiger partial charge in [-0.1, -0.05) is 12.1 Å². The van der Waals surface area contributed by atoms with Gasteiger partial charge in [0.25, 0.3) is 5.91 Å². The molecular weight excluding hydrogens is 372 g/mol. The summed E-state index contributed by atoms with van der Waals surface area (Å²) in [6.45, 7) is 1.83. The van der Waals surface area contributed by atoms with E-state index < -0.39 is 6.04 Å². The summed E-state index contributed by atoms with van der Waals surface area (Å²) in [5, 5.41) is 10.3. The number of benzene rings is 1. The van der Waals surface area contributed by atoms with E-state index in [1.165, 1.54) is 6.33 Å².